The maximum absolute atomic E-state index is 12.1. The molecule has 2 aromatic heterocycles. The molecule has 0 saturated carbocycles. The van der Waals surface area contributed by atoms with Crippen LogP contribution >= 0.6 is 0 Å². The molecule has 0 bridgehead atoms. The van der Waals surface area contributed by atoms with Gasteiger partial charge in [0, 0.05) is 11.1 Å². The molecular weight excluding hydrogens is 346 g/mol. The van der Waals surface area contributed by atoms with Gasteiger partial charge in [0.1, 0.15) is 5.69 Å². The first-order chi connectivity index (χ1) is 12.8. The standard InChI is InChI=1S/C19H15N5O3/c1-19(2)10-6-13-14(7-12(10)22-18(19)27)21-16(20-13)15-9-4-3-8(17(25)26)5-11(9)23-24-15/h3-7H,1-2H3,(H,20,21)(H,22,27)(H,23,24)(H,25,26). The highest BCUT2D eigenvalue weighted by molar-refractivity contribution is 6.08. The summed E-state index contributed by atoms with van der Waals surface area (Å²) < 4.78 is 0. The smallest absolute Gasteiger partial charge is 0.335 e. The molecule has 0 saturated heterocycles. The highest BCUT2D eigenvalue weighted by Crippen LogP contribution is 2.39. The number of benzene rings is 2. The van der Waals surface area contributed by atoms with Crippen molar-refractivity contribution in [1.82, 2.24) is 20.2 Å². The van der Waals surface area contributed by atoms with Crippen LogP contribution in [0.2, 0.25) is 0 Å². The van der Waals surface area contributed by atoms with Crippen LogP contribution in [-0.2, 0) is 10.2 Å². The van der Waals surface area contributed by atoms with Crippen molar-refractivity contribution in [3.63, 3.8) is 0 Å². The summed E-state index contributed by atoms with van der Waals surface area (Å²) in [5.41, 5.74) is 4.06. The summed E-state index contributed by atoms with van der Waals surface area (Å²) in [5.74, 6) is -0.444. The number of imidazole rings is 1. The van der Waals surface area contributed by atoms with Crippen LogP contribution in [0.4, 0.5) is 5.69 Å². The number of aromatic amines is 2. The summed E-state index contributed by atoms with van der Waals surface area (Å²) in [6.07, 6.45) is 0. The van der Waals surface area contributed by atoms with Crippen LogP contribution in [0.1, 0.15) is 29.8 Å². The number of amides is 1. The van der Waals surface area contributed by atoms with E-state index in [4.69, 9.17) is 5.11 Å². The largest absolute Gasteiger partial charge is 0.478 e. The van der Waals surface area contributed by atoms with Crippen LogP contribution in [0.3, 0.4) is 0 Å². The first kappa shape index (κ1) is 15.6. The minimum absolute atomic E-state index is 0.0297. The van der Waals surface area contributed by atoms with Gasteiger partial charge in [-0.2, -0.15) is 5.10 Å². The third kappa shape index (κ3) is 2.10. The van der Waals surface area contributed by atoms with Gasteiger partial charge in [-0.3, -0.25) is 9.89 Å². The fourth-order valence-electron chi connectivity index (χ4n) is 3.52. The molecule has 3 heterocycles. The number of nitrogens with one attached hydrogen (secondary N) is 3. The lowest BCUT2D eigenvalue weighted by atomic mass is 9.86. The fraction of sp³-hybridized carbons (Fsp3) is 0.158. The van der Waals surface area contributed by atoms with Gasteiger partial charge in [-0.15, -0.1) is 0 Å². The van der Waals surface area contributed by atoms with Gasteiger partial charge in [0.15, 0.2) is 5.82 Å². The van der Waals surface area contributed by atoms with Crippen LogP contribution in [-0.4, -0.2) is 37.1 Å². The highest BCUT2D eigenvalue weighted by Gasteiger charge is 2.38. The van der Waals surface area contributed by atoms with E-state index in [1.807, 2.05) is 26.0 Å². The van der Waals surface area contributed by atoms with Gasteiger partial charge < -0.3 is 15.4 Å². The Bertz CT molecular complexity index is 1280. The molecule has 0 spiro atoms. The molecule has 0 fully saturated rings. The number of aromatic nitrogens is 4. The zero-order valence-electron chi connectivity index (χ0n) is 14.5. The zero-order chi connectivity index (χ0) is 18.9. The van der Waals surface area contributed by atoms with Gasteiger partial charge in [-0.05, 0) is 49.7 Å². The molecule has 1 aliphatic heterocycles. The van der Waals surface area contributed by atoms with Gasteiger partial charge in [0.25, 0.3) is 0 Å². The molecule has 8 nitrogen and oxygen atoms in total. The molecule has 0 unspecified atom stereocenters. The van der Waals surface area contributed by atoms with Crippen molar-refractivity contribution in [3.8, 4) is 11.5 Å². The first-order valence-corrected chi connectivity index (χ1v) is 8.42. The van der Waals surface area contributed by atoms with E-state index in [2.05, 4.69) is 25.5 Å². The summed E-state index contributed by atoms with van der Waals surface area (Å²) in [4.78, 5) is 31.1. The number of fused-ring (bicyclic) bond motifs is 3. The number of anilines is 1. The summed E-state index contributed by atoms with van der Waals surface area (Å²) in [6.45, 7) is 3.77. The van der Waals surface area contributed by atoms with Crippen molar-refractivity contribution in [3.05, 3.63) is 41.5 Å². The van der Waals surface area contributed by atoms with Crippen LogP contribution in [0.15, 0.2) is 30.3 Å². The minimum atomic E-state index is -0.990. The molecule has 0 aliphatic carbocycles. The summed E-state index contributed by atoms with van der Waals surface area (Å²) in [7, 11) is 0. The normalized spacial score (nSPS) is 15.3. The average Bonchev–Trinajstić information content (AvgIpc) is 3.27. The quantitative estimate of drug-likeness (QED) is 0.437. The molecule has 0 radical (unpaired) electrons. The lowest BCUT2D eigenvalue weighted by molar-refractivity contribution is -0.119. The number of carbonyl (C=O) groups is 2. The van der Waals surface area contributed by atoms with Crippen molar-refractivity contribution in [1.29, 1.82) is 0 Å². The Morgan fingerprint density at radius 1 is 1.15 bits per heavy atom. The number of nitrogens with zero attached hydrogens (tertiary/aromatic N) is 2. The van der Waals surface area contributed by atoms with E-state index in [1.54, 1.807) is 18.2 Å². The Morgan fingerprint density at radius 3 is 2.74 bits per heavy atom. The second kappa shape index (κ2) is 4.94. The van der Waals surface area contributed by atoms with Crippen molar-refractivity contribution in [2.24, 2.45) is 0 Å². The number of carbonyl (C=O) groups excluding carboxylic acids is 1. The first-order valence-electron chi connectivity index (χ1n) is 8.42. The van der Waals surface area contributed by atoms with Crippen molar-refractivity contribution < 1.29 is 14.7 Å². The number of H-pyrrole nitrogens is 2. The van der Waals surface area contributed by atoms with E-state index < -0.39 is 11.4 Å². The molecule has 2 aromatic carbocycles. The Labute approximate surface area is 152 Å². The number of hydrogen-bond donors (Lipinski definition) is 4. The molecular formula is C19H15N5O3. The third-order valence-electron chi connectivity index (χ3n) is 5.14. The molecule has 8 heteroatoms. The maximum atomic E-state index is 12.1. The van der Waals surface area contributed by atoms with Crippen molar-refractivity contribution >= 4 is 39.5 Å². The van der Waals surface area contributed by atoms with Crippen LogP contribution in [0.25, 0.3) is 33.5 Å². The maximum Gasteiger partial charge on any atom is 0.335 e. The predicted molar refractivity (Wildman–Crippen MR) is 99.8 cm³/mol. The summed E-state index contributed by atoms with van der Waals surface area (Å²) in [6, 6.07) is 8.60. The lowest BCUT2D eigenvalue weighted by Crippen LogP contribution is -2.26. The van der Waals surface area contributed by atoms with Gasteiger partial charge in [-0.1, -0.05) is 0 Å². The molecule has 134 valence electrons. The Hall–Kier alpha value is -3.68. The Kier molecular flexibility index (Phi) is 2.85. The molecule has 5 rings (SSSR count). The number of rotatable bonds is 2. The monoisotopic (exact) mass is 361 g/mol. The number of carboxylic acid groups (broad SMARTS) is 1. The summed E-state index contributed by atoms with van der Waals surface area (Å²) in [5, 5.41) is 20.0. The average molecular weight is 361 g/mol. The molecule has 1 amide bonds. The Balaban J connectivity index is 1.66. The SMILES string of the molecule is CC1(C)C(=O)Nc2cc3[nH]c(-c4n[nH]c5cc(C(=O)O)ccc45)nc3cc21. The Morgan fingerprint density at radius 2 is 1.96 bits per heavy atom. The highest BCUT2D eigenvalue weighted by atomic mass is 16.4. The molecule has 0 atom stereocenters. The topological polar surface area (TPSA) is 124 Å². The lowest BCUT2D eigenvalue weighted by Gasteiger charge is -2.14. The molecule has 4 N–H and O–H groups in total. The van der Waals surface area contributed by atoms with E-state index in [-0.39, 0.29) is 11.5 Å². The van der Waals surface area contributed by atoms with Gasteiger partial charge in [0.2, 0.25) is 5.91 Å². The number of aromatic carboxylic acids is 1. The van der Waals surface area contributed by atoms with E-state index in [9.17, 15) is 9.59 Å². The van der Waals surface area contributed by atoms with Crippen LogP contribution in [0.5, 0.6) is 0 Å². The van der Waals surface area contributed by atoms with Gasteiger partial charge in [0.05, 0.1) is 27.5 Å². The van der Waals surface area contributed by atoms with Crippen molar-refractivity contribution in [2.45, 2.75) is 19.3 Å². The number of hydrogen-bond acceptors (Lipinski definition) is 4. The van der Waals surface area contributed by atoms with E-state index in [0.29, 0.717) is 17.0 Å². The summed E-state index contributed by atoms with van der Waals surface area (Å²) >= 11 is 0. The van der Waals surface area contributed by atoms with Gasteiger partial charge >= 0.3 is 5.97 Å². The van der Waals surface area contributed by atoms with Crippen LogP contribution in [0, 0.1) is 0 Å². The van der Waals surface area contributed by atoms with Crippen LogP contribution < -0.4 is 5.32 Å². The second-order valence-electron chi connectivity index (χ2n) is 7.22. The zero-order valence-corrected chi connectivity index (χ0v) is 14.5. The van der Waals surface area contributed by atoms with Gasteiger partial charge in [-0.25, -0.2) is 9.78 Å². The van der Waals surface area contributed by atoms with E-state index >= 15 is 0 Å². The number of carboxylic acids is 1. The fourth-order valence-corrected chi connectivity index (χ4v) is 3.52. The molecule has 27 heavy (non-hydrogen) atoms. The minimum Gasteiger partial charge on any atom is -0.478 e. The third-order valence-corrected chi connectivity index (χ3v) is 5.14. The molecule has 4 aromatic rings. The van der Waals surface area contributed by atoms with E-state index in [0.717, 1.165) is 27.7 Å². The predicted octanol–water partition coefficient (Wildman–Crippen LogP) is 3.03. The van der Waals surface area contributed by atoms with Crippen molar-refractivity contribution in [2.75, 3.05) is 5.32 Å². The second-order valence-corrected chi connectivity index (χ2v) is 7.22. The molecule has 1 aliphatic rings. The van der Waals surface area contributed by atoms with E-state index in [1.165, 1.54) is 0 Å².